The third kappa shape index (κ3) is 1.90. The second-order valence-corrected chi connectivity index (χ2v) is 5.17. The molecule has 3 nitrogen and oxygen atoms in total. The Kier molecular flexibility index (Phi) is 2.54. The van der Waals surface area contributed by atoms with E-state index in [2.05, 4.69) is 6.07 Å². The lowest BCUT2D eigenvalue weighted by atomic mass is 9.83. The molecule has 1 aliphatic carbocycles. The number of carbonyl (C=O) groups is 1. The van der Waals surface area contributed by atoms with Gasteiger partial charge in [-0.25, -0.2) is 0 Å². The van der Waals surface area contributed by atoms with Gasteiger partial charge in [-0.2, -0.15) is 0 Å². The predicted molar refractivity (Wildman–Crippen MR) is 67.3 cm³/mol. The van der Waals surface area contributed by atoms with Gasteiger partial charge in [0.1, 0.15) is 0 Å². The third-order valence-corrected chi connectivity index (χ3v) is 4.01. The SMILES string of the molecule is Nc1ccc2c(c1)CN(C(=O)C1CCC1)CC2. The number of amides is 1. The van der Waals surface area contributed by atoms with Crippen LogP contribution in [0, 0.1) is 5.92 Å². The Hall–Kier alpha value is -1.51. The molecule has 0 spiro atoms. The van der Waals surface area contributed by atoms with Gasteiger partial charge in [-0.1, -0.05) is 12.5 Å². The number of rotatable bonds is 1. The zero-order valence-electron chi connectivity index (χ0n) is 9.98. The van der Waals surface area contributed by atoms with E-state index in [1.165, 1.54) is 17.5 Å². The van der Waals surface area contributed by atoms with Gasteiger partial charge >= 0.3 is 0 Å². The molecular weight excluding hydrogens is 212 g/mol. The Labute approximate surface area is 102 Å². The average Bonchev–Trinajstić information content (AvgIpc) is 2.25. The summed E-state index contributed by atoms with van der Waals surface area (Å²) in [5, 5.41) is 0. The molecule has 3 rings (SSSR count). The molecule has 1 aromatic rings. The standard InChI is InChI=1S/C14H18N2O/c15-13-5-4-10-6-7-16(9-12(10)8-13)14(17)11-2-1-3-11/h4-5,8,11H,1-3,6-7,9,15H2. The number of hydrogen-bond donors (Lipinski definition) is 1. The Morgan fingerprint density at radius 2 is 2.12 bits per heavy atom. The van der Waals surface area contributed by atoms with E-state index in [-0.39, 0.29) is 0 Å². The summed E-state index contributed by atoms with van der Waals surface area (Å²) in [4.78, 5) is 14.2. The Morgan fingerprint density at radius 1 is 1.29 bits per heavy atom. The van der Waals surface area contributed by atoms with Gasteiger partial charge in [0, 0.05) is 24.7 Å². The van der Waals surface area contributed by atoms with Crippen molar-refractivity contribution in [3.05, 3.63) is 29.3 Å². The second kappa shape index (κ2) is 4.06. The normalized spacial score (nSPS) is 19.6. The van der Waals surface area contributed by atoms with Crippen LogP contribution in [0.4, 0.5) is 5.69 Å². The van der Waals surface area contributed by atoms with E-state index in [0.717, 1.165) is 38.0 Å². The van der Waals surface area contributed by atoms with E-state index < -0.39 is 0 Å². The molecule has 1 fully saturated rings. The smallest absolute Gasteiger partial charge is 0.225 e. The molecule has 90 valence electrons. The predicted octanol–water partition coefficient (Wildman–Crippen LogP) is 1.95. The Morgan fingerprint density at radius 3 is 2.82 bits per heavy atom. The Bertz CT molecular complexity index is 452. The first-order valence-electron chi connectivity index (χ1n) is 6.40. The Balaban J connectivity index is 1.77. The van der Waals surface area contributed by atoms with E-state index in [9.17, 15) is 4.79 Å². The molecule has 0 radical (unpaired) electrons. The van der Waals surface area contributed by atoms with Crippen molar-refractivity contribution in [3.8, 4) is 0 Å². The minimum absolute atomic E-state index is 0.303. The van der Waals surface area contributed by atoms with Gasteiger partial charge in [-0.05, 0) is 42.5 Å². The maximum Gasteiger partial charge on any atom is 0.225 e. The maximum absolute atomic E-state index is 12.2. The van der Waals surface area contributed by atoms with Crippen molar-refractivity contribution in [1.29, 1.82) is 0 Å². The largest absolute Gasteiger partial charge is 0.399 e. The van der Waals surface area contributed by atoms with Crippen molar-refractivity contribution < 1.29 is 4.79 Å². The van der Waals surface area contributed by atoms with Crippen molar-refractivity contribution >= 4 is 11.6 Å². The summed E-state index contributed by atoms with van der Waals surface area (Å²) in [5.41, 5.74) is 9.16. The van der Waals surface area contributed by atoms with E-state index in [1.54, 1.807) is 0 Å². The zero-order chi connectivity index (χ0) is 11.8. The van der Waals surface area contributed by atoms with Crippen LogP contribution in [0.5, 0.6) is 0 Å². The van der Waals surface area contributed by atoms with Crippen molar-refractivity contribution in [2.45, 2.75) is 32.2 Å². The molecule has 1 saturated carbocycles. The fraction of sp³-hybridized carbons (Fsp3) is 0.500. The number of benzene rings is 1. The van der Waals surface area contributed by atoms with Gasteiger partial charge in [0.2, 0.25) is 5.91 Å². The van der Waals surface area contributed by atoms with Gasteiger partial charge in [0.15, 0.2) is 0 Å². The number of carbonyl (C=O) groups excluding carboxylic acids is 1. The molecule has 1 aliphatic heterocycles. The van der Waals surface area contributed by atoms with Crippen LogP contribution in [0.25, 0.3) is 0 Å². The van der Waals surface area contributed by atoms with Crippen molar-refractivity contribution in [1.82, 2.24) is 4.90 Å². The second-order valence-electron chi connectivity index (χ2n) is 5.17. The lowest BCUT2D eigenvalue weighted by Crippen LogP contribution is -2.41. The van der Waals surface area contributed by atoms with Gasteiger partial charge in [-0.3, -0.25) is 4.79 Å². The monoisotopic (exact) mass is 230 g/mol. The van der Waals surface area contributed by atoms with Crippen molar-refractivity contribution in [2.75, 3.05) is 12.3 Å². The van der Waals surface area contributed by atoms with Crippen molar-refractivity contribution in [3.63, 3.8) is 0 Å². The quantitative estimate of drug-likeness (QED) is 0.750. The molecule has 17 heavy (non-hydrogen) atoms. The third-order valence-electron chi connectivity index (χ3n) is 4.01. The van der Waals surface area contributed by atoms with Crippen LogP contribution in [-0.4, -0.2) is 17.4 Å². The number of anilines is 1. The number of nitrogens with two attached hydrogens (primary N) is 1. The molecule has 0 saturated heterocycles. The van der Waals surface area contributed by atoms with E-state index in [0.29, 0.717) is 11.8 Å². The highest BCUT2D eigenvalue weighted by atomic mass is 16.2. The molecule has 0 aromatic heterocycles. The molecule has 0 unspecified atom stereocenters. The van der Waals surface area contributed by atoms with Gasteiger partial charge in [-0.15, -0.1) is 0 Å². The minimum atomic E-state index is 0.303. The van der Waals surface area contributed by atoms with Gasteiger partial charge < -0.3 is 10.6 Å². The lowest BCUT2D eigenvalue weighted by molar-refractivity contribution is -0.139. The van der Waals surface area contributed by atoms with E-state index in [1.807, 2.05) is 17.0 Å². The molecule has 0 atom stereocenters. The molecular formula is C14H18N2O. The fourth-order valence-corrected chi connectivity index (χ4v) is 2.68. The van der Waals surface area contributed by atoms with Crippen LogP contribution in [0.15, 0.2) is 18.2 Å². The summed E-state index contributed by atoms with van der Waals surface area (Å²) in [5.74, 6) is 0.655. The van der Waals surface area contributed by atoms with Crippen LogP contribution in [0.2, 0.25) is 0 Å². The fourth-order valence-electron chi connectivity index (χ4n) is 2.68. The van der Waals surface area contributed by atoms with Crippen LogP contribution < -0.4 is 5.73 Å². The first kappa shape index (κ1) is 10.6. The number of nitrogens with zero attached hydrogens (tertiary/aromatic N) is 1. The van der Waals surface area contributed by atoms with E-state index >= 15 is 0 Å². The van der Waals surface area contributed by atoms with Crippen LogP contribution >= 0.6 is 0 Å². The minimum Gasteiger partial charge on any atom is -0.399 e. The topological polar surface area (TPSA) is 46.3 Å². The molecule has 3 heteroatoms. The summed E-state index contributed by atoms with van der Waals surface area (Å²) in [6, 6.07) is 6.05. The maximum atomic E-state index is 12.2. The number of hydrogen-bond acceptors (Lipinski definition) is 2. The number of fused-ring (bicyclic) bond motifs is 1. The molecule has 0 bridgehead atoms. The summed E-state index contributed by atoms with van der Waals surface area (Å²) >= 11 is 0. The molecule has 2 aliphatic rings. The van der Waals surface area contributed by atoms with Gasteiger partial charge in [0.05, 0.1) is 0 Å². The summed E-state index contributed by atoms with van der Waals surface area (Å²) in [7, 11) is 0. The highest BCUT2D eigenvalue weighted by molar-refractivity contribution is 5.80. The first-order chi connectivity index (χ1) is 8.24. The van der Waals surface area contributed by atoms with Crippen LogP contribution in [-0.2, 0) is 17.8 Å². The highest BCUT2D eigenvalue weighted by Gasteiger charge is 2.30. The van der Waals surface area contributed by atoms with Crippen LogP contribution in [0.1, 0.15) is 30.4 Å². The summed E-state index contributed by atoms with van der Waals surface area (Å²) in [6.07, 6.45) is 4.35. The number of nitrogen functional groups attached to an aromatic ring is 1. The summed E-state index contributed by atoms with van der Waals surface area (Å²) in [6.45, 7) is 1.61. The molecule has 1 heterocycles. The lowest BCUT2D eigenvalue weighted by Gasteiger charge is -2.34. The highest BCUT2D eigenvalue weighted by Crippen LogP contribution is 2.30. The summed E-state index contributed by atoms with van der Waals surface area (Å²) < 4.78 is 0. The molecule has 1 aromatic carbocycles. The molecule has 2 N–H and O–H groups in total. The zero-order valence-corrected chi connectivity index (χ0v) is 9.98. The van der Waals surface area contributed by atoms with Crippen LogP contribution in [0.3, 0.4) is 0 Å². The first-order valence-corrected chi connectivity index (χ1v) is 6.40. The van der Waals surface area contributed by atoms with Gasteiger partial charge in [0.25, 0.3) is 0 Å². The van der Waals surface area contributed by atoms with E-state index in [4.69, 9.17) is 5.73 Å². The average molecular weight is 230 g/mol. The van der Waals surface area contributed by atoms with Crippen molar-refractivity contribution in [2.24, 2.45) is 5.92 Å². The molecule has 1 amide bonds.